The molecule has 0 saturated heterocycles. The van der Waals surface area contributed by atoms with Gasteiger partial charge >= 0.3 is 0 Å². The van der Waals surface area contributed by atoms with Gasteiger partial charge in [0.05, 0.1) is 6.61 Å². The molecule has 96 valence electrons. The zero-order valence-corrected chi connectivity index (χ0v) is 11.5. The van der Waals surface area contributed by atoms with Crippen LogP contribution in [-0.4, -0.2) is 12.1 Å². The predicted octanol–water partition coefficient (Wildman–Crippen LogP) is 3.39. The Bertz CT molecular complexity index is 322. The molecular weight excluding hydrogens is 210 g/mol. The highest BCUT2D eigenvalue weighted by molar-refractivity contribution is 5.27. The number of benzene rings is 1. The van der Waals surface area contributed by atoms with Crippen LogP contribution in [0.4, 0.5) is 0 Å². The first kappa shape index (κ1) is 14.0. The largest absolute Gasteiger partial charge is 0.493 e. The minimum absolute atomic E-state index is 0.0905. The first-order valence-electron chi connectivity index (χ1n) is 6.37. The summed E-state index contributed by atoms with van der Waals surface area (Å²) >= 11 is 0. The van der Waals surface area contributed by atoms with E-state index in [4.69, 9.17) is 10.5 Å². The summed E-state index contributed by atoms with van der Waals surface area (Å²) in [6, 6.07) is 8.34. The fraction of sp³-hybridized carbons (Fsp3) is 0.600. The Kier molecular flexibility index (Phi) is 5.01. The average molecular weight is 235 g/mol. The Morgan fingerprint density at radius 1 is 1.18 bits per heavy atom. The van der Waals surface area contributed by atoms with Crippen molar-refractivity contribution in [2.24, 2.45) is 11.7 Å². The predicted molar refractivity (Wildman–Crippen MR) is 73.4 cm³/mol. The zero-order chi connectivity index (χ0) is 12.9. The van der Waals surface area contributed by atoms with Crippen molar-refractivity contribution >= 4 is 0 Å². The summed E-state index contributed by atoms with van der Waals surface area (Å²) in [6.45, 7) is 9.20. The SMILES string of the molecule is CC(C)COc1ccc(CCC(C)(C)N)cc1. The van der Waals surface area contributed by atoms with Crippen LogP contribution in [0, 0.1) is 5.92 Å². The summed E-state index contributed by atoms with van der Waals surface area (Å²) in [5.41, 5.74) is 7.20. The second-order valence-corrected chi connectivity index (χ2v) is 5.84. The van der Waals surface area contributed by atoms with Crippen molar-refractivity contribution in [2.45, 2.75) is 46.1 Å². The van der Waals surface area contributed by atoms with Gasteiger partial charge in [0.1, 0.15) is 5.75 Å². The van der Waals surface area contributed by atoms with E-state index < -0.39 is 0 Å². The Morgan fingerprint density at radius 3 is 2.24 bits per heavy atom. The third-order valence-corrected chi connectivity index (χ3v) is 2.56. The van der Waals surface area contributed by atoms with Gasteiger partial charge in [-0.25, -0.2) is 0 Å². The second-order valence-electron chi connectivity index (χ2n) is 5.84. The molecule has 1 aromatic rings. The minimum Gasteiger partial charge on any atom is -0.493 e. The van der Waals surface area contributed by atoms with Crippen LogP contribution in [0.15, 0.2) is 24.3 Å². The maximum absolute atomic E-state index is 5.97. The summed E-state index contributed by atoms with van der Waals surface area (Å²) in [5.74, 6) is 1.52. The number of nitrogens with two attached hydrogens (primary N) is 1. The third kappa shape index (κ3) is 6.32. The van der Waals surface area contributed by atoms with E-state index in [9.17, 15) is 0 Å². The van der Waals surface area contributed by atoms with Gasteiger partial charge in [-0.05, 0) is 50.3 Å². The summed E-state index contributed by atoms with van der Waals surface area (Å²) in [6.07, 6.45) is 2.02. The summed E-state index contributed by atoms with van der Waals surface area (Å²) < 4.78 is 5.64. The molecule has 0 fully saturated rings. The molecule has 1 aromatic carbocycles. The summed E-state index contributed by atoms with van der Waals surface area (Å²) in [4.78, 5) is 0. The van der Waals surface area contributed by atoms with Gasteiger partial charge in [-0.3, -0.25) is 0 Å². The van der Waals surface area contributed by atoms with Gasteiger partial charge in [0, 0.05) is 5.54 Å². The molecule has 0 amide bonds. The molecule has 0 unspecified atom stereocenters. The molecule has 0 heterocycles. The van der Waals surface area contributed by atoms with Crippen LogP contribution in [0.2, 0.25) is 0 Å². The van der Waals surface area contributed by atoms with Gasteiger partial charge in [0.15, 0.2) is 0 Å². The average Bonchev–Trinajstić information content (AvgIpc) is 2.24. The highest BCUT2D eigenvalue weighted by atomic mass is 16.5. The zero-order valence-electron chi connectivity index (χ0n) is 11.5. The molecular formula is C15H25NO. The van der Waals surface area contributed by atoms with Crippen LogP contribution < -0.4 is 10.5 Å². The van der Waals surface area contributed by atoms with Gasteiger partial charge in [-0.15, -0.1) is 0 Å². The Morgan fingerprint density at radius 2 is 1.76 bits per heavy atom. The first-order valence-corrected chi connectivity index (χ1v) is 6.37. The quantitative estimate of drug-likeness (QED) is 0.820. The van der Waals surface area contributed by atoms with E-state index in [0.717, 1.165) is 25.2 Å². The number of hydrogen-bond donors (Lipinski definition) is 1. The lowest BCUT2D eigenvalue weighted by atomic mass is 9.97. The van der Waals surface area contributed by atoms with Crippen LogP contribution >= 0.6 is 0 Å². The molecule has 0 radical (unpaired) electrons. The van der Waals surface area contributed by atoms with Crippen molar-refractivity contribution in [1.82, 2.24) is 0 Å². The molecule has 2 heteroatoms. The van der Waals surface area contributed by atoms with Gasteiger partial charge in [-0.2, -0.15) is 0 Å². The van der Waals surface area contributed by atoms with Gasteiger partial charge in [-0.1, -0.05) is 26.0 Å². The molecule has 2 nitrogen and oxygen atoms in total. The van der Waals surface area contributed by atoms with E-state index in [-0.39, 0.29) is 5.54 Å². The molecule has 0 bridgehead atoms. The topological polar surface area (TPSA) is 35.2 Å². The summed E-state index contributed by atoms with van der Waals surface area (Å²) in [7, 11) is 0. The van der Waals surface area contributed by atoms with Crippen LogP contribution in [-0.2, 0) is 6.42 Å². The fourth-order valence-corrected chi connectivity index (χ4v) is 1.48. The normalized spacial score (nSPS) is 11.9. The smallest absolute Gasteiger partial charge is 0.119 e. The maximum atomic E-state index is 5.97. The van der Waals surface area contributed by atoms with E-state index in [0.29, 0.717) is 5.92 Å². The molecule has 0 spiro atoms. The molecule has 0 aliphatic rings. The standard InChI is InChI=1S/C15H25NO/c1-12(2)11-17-14-7-5-13(6-8-14)9-10-15(3,4)16/h5-8,12H,9-11,16H2,1-4H3. The Balaban J connectivity index is 2.45. The number of aryl methyl sites for hydroxylation is 1. The lowest BCUT2D eigenvalue weighted by Gasteiger charge is -2.18. The van der Waals surface area contributed by atoms with Crippen molar-refractivity contribution < 1.29 is 4.74 Å². The molecule has 0 atom stereocenters. The first-order chi connectivity index (χ1) is 7.87. The molecule has 2 N–H and O–H groups in total. The lowest BCUT2D eigenvalue weighted by Crippen LogP contribution is -2.32. The van der Waals surface area contributed by atoms with Crippen molar-refractivity contribution in [3.05, 3.63) is 29.8 Å². The van der Waals surface area contributed by atoms with Crippen LogP contribution in [0.1, 0.15) is 39.7 Å². The van der Waals surface area contributed by atoms with Crippen LogP contribution in [0.25, 0.3) is 0 Å². The highest BCUT2D eigenvalue weighted by Crippen LogP contribution is 2.16. The highest BCUT2D eigenvalue weighted by Gasteiger charge is 2.10. The number of rotatable bonds is 6. The molecule has 1 rings (SSSR count). The fourth-order valence-electron chi connectivity index (χ4n) is 1.48. The van der Waals surface area contributed by atoms with Crippen molar-refractivity contribution in [2.75, 3.05) is 6.61 Å². The van der Waals surface area contributed by atoms with E-state index in [1.807, 2.05) is 12.1 Å². The van der Waals surface area contributed by atoms with E-state index >= 15 is 0 Å². The molecule has 17 heavy (non-hydrogen) atoms. The Labute approximate surface area is 105 Å². The lowest BCUT2D eigenvalue weighted by molar-refractivity contribution is 0.271. The number of ether oxygens (including phenoxy) is 1. The molecule has 0 aromatic heterocycles. The molecule has 0 aliphatic carbocycles. The van der Waals surface area contributed by atoms with E-state index in [1.165, 1.54) is 5.56 Å². The van der Waals surface area contributed by atoms with E-state index in [2.05, 4.69) is 39.8 Å². The third-order valence-electron chi connectivity index (χ3n) is 2.56. The van der Waals surface area contributed by atoms with Crippen LogP contribution in [0.3, 0.4) is 0 Å². The maximum Gasteiger partial charge on any atom is 0.119 e. The van der Waals surface area contributed by atoms with Crippen molar-refractivity contribution in [3.63, 3.8) is 0 Å². The van der Waals surface area contributed by atoms with Gasteiger partial charge in [0.2, 0.25) is 0 Å². The van der Waals surface area contributed by atoms with E-state index in [1.54, 1.807) is 0 Å². The minimum atomic E-state index is -0.0905. The monoisotopic (exact) mass is 235 g/mol. The molecule has 0 aliphatic heterocycles. The molecule has 0 saturated carbocycles. The van der Waals surface area contributed by atoms with Gasteiger partial charge < -0.3 is 10.5 Å². The second kappa shape index (κ2) is 6.06. The Hall–Kier alpha value is -1.02. The van der Waals surface area contributed by atoms with Gasteiger partial charge in [0.25, 0.3) is 0 Å². The van der Waals surface area contributed by atoms with Crippen molar-refractivity contribution in [1.29, 1.82) is 0 Å². The number of hydrogen-bond acceptors (Lipinski definition) is 2. The van der Waals surface area contributed by atoms with Crippen molar-refractivity contribution in [3.8, 4) is 5.75 Å². The summed E-state index contributed by atoms with van der Waals surface area (Å²) in [5, 5.41) is 0. The van der Waals surface area contributed by atoms with Crippen LogP contribution in [0.5, 0.6) is 5.75 Å².